The summed E-state index contributed by atoms with van der Waals surface area (Å²) in [5, 5.41) is 2.40. The zero-order valence-corrected chi connectivity index (χ0v) is 38.2. The largest absolute Gasteiger partial charge is 0.457 e. The van der Waals surface area contributed by atoms with Crippen LogP contribution in [0.4, 0.5) is 0 Å². The molecule has 0 N–H and O–H groups in total. The predicted molar refractivity (Wildman–Crippen MR) is 332 cm³/mol. The molecule has 0 atom stereocenters. The van der Waals surface area contributed by atoms with Crippen molar-refractivity contribution in [1.82, 2.24) is 0 Å². The Bertz CT molecular complexity index is 4090. The Morgan fingerprint density at radius 1 is 0.208 bits per heavy atom. The molecule has 0 amide bonds. The van der Waals surface area contributed by atoms with Gasteiger partial charge in [0.25, 0.3) is 0 Å². The quantitative estimate of drug-likeness (QED) is 0.127. The maximum Gasteiger partial charge on any atom is 0.127 e. The number of furan rings is 1. The highest BCUT2D eigenvalue weighted by atomic mass is 16.3. The van der Waals surface area contributed by atoms with Crippen molar-refractivity contribution in [3.05, 3.63) is 42.5 Å². The van der Waals surface area contributed by atoms with E-state index < -0.39 is 0 Å². The van der Waals surface area contributed by atoms with Crippen LogP contribution in [0.15, 0.2) is 46.9 Å². The molecular formula is C48H7B23O. The smallest absolute Gasteiger partial charge is 0.127 e. The van der Waals surface area contributed by atoms with Gasteiger partial charge in [-0.15, -0.1) is 38.2 Å². The SMILES string of the molecule is [B]c1c([B])c(-c2ccc3ccccc3c2)c([B])c(-c2c3c([B])c([B])c([B])c([B])c3c(-c3c([B])c([B])c(-c4c([B])c([B])c5oc6c([B])c([B])c([B])c([B])c6c5c4[B])c([B])c3[B])c3c([B])c([B])c([B])c([B])c23)c1[B]. The minimum absolute atomic E-state index is 0.00147. The van der Waals surface area contributed by atoms with E-state index in [1.54, 1.807) is 0 Å². The van der Waals surface area contributed by atoms with Gasteiger partial charge in [-0.05, 0) is 82.9 Å². The molecule has 0 saturated heterocycles. The van der Waals surface area contributed by atoms with E-state index >= 15 is 0 Å². The summed E-state index contributed by atoms with van der Waals surface area (Å²) in [6.07, 6.45) is 0. The molecule has 0 aliphatic carbocycles. The van der Waals surface area contributed by atoms with Crippen LogP contribution < -0.4 is 126 Å². The van der Waals surface area contributed by atoms with Gasteiger partial charge < -0.3 is 4.42 Å². The third-order valence-electron chi connectivity index (χ3n) is 14.1. The van der Waals surface area contributed by atoms with E-state index in [-0.39, 0.29) is 203 Å². The molecule has 0 spiro atoms. The number of hydrogen-bond acceptors (Lipinski definition) is 1. The zero-order valence-electron chi connectivity index (χ0n) is 38.2. The Balaban J connectivity index is 1.39. The standard InChI is InChI=1S/C48H7B23O/c49-24-11(10-6-5-8-3-1-2-4-9(8)7-10)26(51)38(63)35(60)18(24)12-14-16(29(54)41(66)39(64)27(14)52)13(17-15(12)28(53)40(65)42(67)30(17)55)19-31(56)33(58)21(34(59)32(19)57)20-25(50)22-23-37(62)43(68)44(69)46(71)48(23)72-47(22)45(70)36(20)61/h1-7H. The molecule has 10 aromatic rings. The fraction of sp³-hybridized carbons (Fsp3) is 0. The van der Waals surface area contributed by atoms with Gasteiger partial charge in [0.2, 0.25) is 0 Å². The molecule has 46 radical (unpaired) electrons. The summed E-state index contributed by atoms with van der Waals surface area (Å²) in [4.78, 5) is 0. The molecule has 0 aliphatic rings. The van der Waals surface area contributed by atoms with E-state index in [0.717, 1.165) is 10.8 Å². The molecule has 24 heteroatoms. The highest BCUT2D eigenvalue weighted by molar-refractivity contribution is 6.75. The molecule has 0 aliphatic heterocycles. The second kappa shape index (κ2) is 17.6. The second-order valence-corrected chi connectivity index (χ2v) is 17.7. The van der Waals surface area contributed by atoms with Gasteiger partial charge in [0.1, 0.15) is 192 Å². The molecule has 0 bridgehead atoms. The molecular weight excluding hydrogens is 841 g/mol. The summed E-state index contributed by atoms with van der Waals surface area (Å²) in [7, 11) is 157. The van der Waals surface area contributed by atoms with Gasteiger partial charge >= 0.3 is 0 Å². The van der Waals surface area contributed by atoms with Crippen molar-refractivity contribution in [1.29, 1.82) is 0 Å². The van der Waals surface area contributed by atoms with Crippen molar-refractivity contribution in [2.24, 2.45) is 0 Å². The van der Waals surface area contributed by atoms with E-state index in [1.807, 2.05) is 42.5 Å². The summed E-state index contributed by atoms with van der Waals surface area (Å²) >= 11 is 0. The number of hydrogen-bond donors (Lipinski definition) is 0. The molecule has 274 valence electrons. The average Bonchev–Trinajstić information content (AvgIpc) is 3.78. The molecule has 1 nitrogen and oxygen atoms in total. The van der Waals surface area contributed by atoms with Crippen LogP contribution in [0.1, 0.15) is 0 Å². The molecule has 1 heterocycles. The van der Waals surface area contributed by atoms with Gasteiger partial charge in [-0.25, -0.2) is 0 Å². The fourth-order valence-corrected chi connectivity index (χ4v) is 10.2. The topological polar surface area (TPSA) is 13.1 Å². The Morgan fingerprint density at radius 3 is 0.958 bits per heavy atom. The minimum atomic E-state index is -0.224. The van der Waals surface area contributed by atoms with Crippen molar-refractivity contribution in [3.63, 3.8) is 0 Å². The first-order chi connectivity index (χ1) is 33.9. The molecule has 9 aromatic carbocycles. The fourth-order valence-electron chi connectivity index (χ4n) is 10.2. The third-order valence-corrected chi connectivity index (χ3v) is 14.1. The predicted octanol–water partition coefficient (Wildman–Crippen LogP) is -14.0. The number of fused-ring (bicyclic) bond motifs is 6. The first-order valence-electron chi connectivity index (χ1n) is 21.6. The maximum atomic E-state index is 7.28. The minimum Gasteiger partial charge on any atom is -0.457 e. The highest BCUT2D eigenvalue weighted by Gasteiger charge is 2.31. The van der Waals surface area contributed by atoms with E-state index in [1.165, 1.54) is 0 Å². The van der Waals surface area contributed by atoms with Crippen molar-refractivity contribution < 1.29 is 4.42 Å². The molecule has 0 fully saturated rings. The zero-order chi connectivity index (χ0) is 52.3. The average molecular weight is 848 g/mol. The maximum absolute atomic E-state index is 7.28. The van der Waals surface area contributed by atoms with Gasteiger partial charge in [0, 0.05) is 10.8 Å². The molecule has 0 unspecified atom stereocenters. The van der Waals surface area contributed by atoms with Crippen molar-refractivity contribution in [2.75, 3.05) is 0 Å². The van der Waals surface area contributed by atoms with Gasteiger partial charge in [0.05, 0.1) is 0 Å². The first kappa shape index (κ1) is 50.6. The van der Waals surface area contributed by atoms with Crippen molar-refractivity contribution in [2.45, 2.75) is 0 Å². The van der Waals surface area contributed by atoms with Gasteiger partial charge in [-0.3, -0.25) is 0 Å². The monoisotopic (exact) mass is 852 g/mol. The van der Waals surface area contributed by atoms with Crippen LogP contribution in [-0.4, -0.2) is 180 Å². The van der Waals surface area contributed by atoms with Crippen LogP contribution in [-0.2, 0) is 0 Å². The third kappa shape index (κ3) is 6.74. The Labute approximate surface area is 448 Å². The molecule has 0 saturated carbocycles. The Kier molecular flexibility index (Phi) is 12.4. The van der Waals surface area contributed by atoms with Gasteiger partial charge in [-0.2, -0.15) is 0 Å². The lowest BCUT2D eigenvalue weighted by atomic mass is 9.55. The summed E-state index contributed by atoms with van der Waals surface area (Å²) in [6.45, 7) is 0. The van der Waals surface area contributed by atoms with Crippen LogP contribution in [0.3, 0.4) is 0 Å². The number of benzene rings is 9. The lowest BCUT2D eigenvalue weighted by Crippen LogP contribution is -2.51. The van der Waals surface area contributed by atoms with E-state index in [2.05, 4.69) is 0 Å². The molecule has 72 heavy (non-hydrogen) atoms. The van der Waals surface area contributed by atoms with Crippen molar-refractivity contribution >= 4 is 360 Å². The van der Waals surface area contributed by atoms with E-state index in [0.29, 0.717) is 11.1 Å². The molecule has 10 rings (SSSR count). The number of rotatable bonds is 4. The van der Waals surface area contributed by atoms with Crippen molar-refractivity contribution in [3.8, 4) is 44.5 Å². The summed E-state index contributed by atoms with van der Waals surface area (Å²) in [5.74, 6) is 0. The molecule has 1 aromatic heterocycles. The lowest BCUT2D eigenvalue weighted by molar-refractivity contribution is 0.675. The van der Waals surface area contributed by atoms with Gasteiger partial charge in [-0.1, -0.05) is 124 Å². The van der Waals surface area contributed by atoms with E-state index in [9.17, 15) is 0 Å². The van der Waals surface area contributed by atoms with Gasteiger partial charge in [0.15, 0.2) is 0 Å². The second-order valence-electron chi connectivity index (χ2n) is 17.7. The summed E-state index contributed by atoms with van der Waals surface area (Å²) < 4.78 is 6.09. The highest BCUT2D eigenvalue weighted by Crippen LogP contribution is 2.39. The Morgan fingerprint density at radius 2 is 0.500 bits per heavy atom. The van der Waals surface area contributed by atoms with Crippen LogP contribution in [0.5, 0.6) is 0 Å². The Hall–Kier alpha value is -4.95. The van der Waals surface area contributed by atoms with Crippen LogP contribution in [0, 0.1) is 0 Å². The van der Waals surface area contributed by atoms with Crippen LogP contribution >= 0.6 is 0 Å². The summed E-state index contributed by atoms with van der Waals surface area (Å²) in [6, 6.07) is 13.4. The van der Waals surface area contributed by atoms with Crippen LogP contribution in [0.25, 0.3) is 98.8 Å². The normalized spacial score (nSPS) is 11.8. The lowest BCUT2D eigenvalue weighted by Gasteiger charge is -2.33. The first-order valence-corrected chi connectivity index (χ1v) is 21.6. The van der Waals surface area contributed by atoms with E-state index in [4.69, 9.17) is 185 Å². The van der Waals surface area contributed by atoms with Crippen LogP contribution in [0.2, 0.25) is 0 Å². The summed E-state index contributed by atoms with van der Waals surface area (Å²) in [5.41, 5.74) is -1.28.